The fourth-order valence-corrected chi connectivity index (χ4v) is 3.87. The SMILES string of the molecule is CCCSc1nc2c(c(=O)[nH]1)[C@H](c1ccccc1)C(C(=O)OCC)=C(C)N2. The molecule has 2 N–H and O–H groups in total. The molecule has 6 nitrogen and oxygen atoms in total. The zero-order chi connectivity index (χ0) is 19.4. The van der Waals surface area contributed by atoms with Gasteiger partial charge in [-0.3, -0.25) is 4.79 Å². The molecule has 1 aliphatic rings. The Bertz CT molecular complexity index is 922. The van der Waals surface area contributed by atoms with Crippen molar-refractivity contribution in [1.29, 1.82) is 0 Å². The third kappa shape index (κ3) is 3.93. The van der Waals surface area contributed by atoms with Crippen molar-refractivity contribution in [1.82, 2.24) is 9.97 Å². The minimum atomic E-state index is -0.525. The average molecular weight is 385 g/mol. The van der Waals surface area contributed by atoms with Crippen LogP contribution in [0.4, 0.5) is 5.82 Å². The van der Waals surface area contributed by atoms with Gasteiger partial charge in [0, 0.05) is 11.4 Å². The van der Waals surface area contributed by atoms with Crippen LogP contribution in [0.15, 0.2) is 51.6 Å². The van der Waals surface area contributed by atoms with Gasteiger partial charge in [-0.1, -0.05) is 49.0 Å². The summed E-state index contributed by atoms with van der Waals surface area (Å²) in [5.41, 5.74) is 2.14. The van der Waals surface area contributed by atoms with Gasteiger partial charge in [-0.15, -0.1) is 0 Å². The topological polar surface area (TPSA) is 84.1 Å². The molecule has 0 amide bonds. The molecule has 2 aromatic rings. The first-order valence-corrected chi connectivity index (χ1v) is 10.0. The molecule has 1 aromatic heterocycles. The molecule has 142 valence electrons. The number of esters is 1. The molecule has 0 fully saturated rings. The van der Waals surface area contributed by atoms with Gasteiger partial charge in [-0.2, -0.15) is 0 Å². The molecule has 0 saturated carbocycles. The molecule has 0 unspecified atom stereocenters. The normalized spacial score (nSPS) is 15.9. The molecule has 0 spiro atoms. The predicted octanol–water partition coefficient (Wildman–Crippen LogP) is 3.67. The second-order valence-electron chi connectivity index (χ2n) is 6.21. The third-order valence-corrected chi connectivity index (χ3v) is 5.37. The van der Waals surface area contributed by atoms with Crippen LogP contribution in [0.3, 0.4) is 0 Å². The largest absolute Gasteiger partial charge is 0.463 e. The molecule has 0 radical (unpaired) electrons. The number of anilines is 1. The molecular formula is C20H23N3O3S. The highest BCUT2D eigenvalue weighted by Gasteiger charge is 2.36. The Kier molecular flexibility index (Phi) is 6.01. The van der Waals surface area contributed by atoms with Crippen molar-refractivity contribution < 1.29 is 9.53 Å². The number of rotatable bonds is 6. The Morgan fingerprint density at radius 3 is 2.67 bits per heavy atom. The van der Waals surface area contributed by atoms with Crippen molar-refractivity contribution in [2.75, 3.05) is 17.7 Å². The van der Waals surface area contributed by atoms with E-state index in [4.69, 9.17) is 4.74 Å². The Morgan fingerprint density at radius 1 is 1.26 bits per heavy atom. The van der Waals surface area contributed by atoms with Crippen LogP contribution in [0, 0.1) is 0 Å². The van der Waals surface area contributed by atoms with E-state index in [1.54, 1.807) is 6.92 Å². The average Bonchev–Trinajstić information content (AvgIpc) is 2.66. The maximum Gasteiger partial charge on any atom is 0.336 e. The van der Waals surface area contributed by atoms with Crippen molar-refractivity contribution in [3.05, 3.63) is 63.1 Å². The van der Waals surface area contributed by atoms with Crippen LogP contribution in [0.5, 0.6) is 0 Å². The van der Waals surface area contributed by atoms with Crippen LogP contribution >= 0.6 is 11.8 Å². The van der Waals surface area contributed by atoms with Gasteiger partial charge >= 0.3 is 5.97 Å². The molecule has 1 aromatic carbocycles. The summed E-state index contributed by atoms with van der Waals surface area (Å²) in [6.45, 7) is 5.92. The summed E-state index contributed by atoms with van der Waals surface area (Å²) < 4.78 is 5.26. The van der Waals surface area contributed by atoms with Crippen LogP contribution in [-0.4, -0.2) is 28.3 Å². The lowest BCUT2D eigenvalue weighted by Gasteiger charge is -2.28. The molecule has 2 heterocycles. The van der Waals surface area contributed by atoms with Crippen molar-refractivity contribution in [3.8, 4) is 0 Å². The Balaban J connectivity index is 2.17. The minimum Gasteiger partial charge on any atom is -0.463 e. The lowest BCUT2D eigenvalue weighted by molar-refractivity contribution is -0.138. The van der Waals surface area contributed by atoms with Crippen LogP contribution in [-0.2, 0) is 9.53 Å². The van der Waals surface area contributed by atoms with E-state index in [1.807, 2.05) is 37.3 Å². The summed E-state index contributed by atoms with van der Waals surface area (Å²) in [5.74, 6) is 0.415. The summed E-state index contributed by atoms with van der Waals surface area (Å²) in [6, 6.07) is 9.50. The number of aromatic nitrogens is 2. The van der Waals surface area contributed by atoms with Gasteiger partial charge in [0.1, 0.15) is 5.82 Å². The monoisotopic (exact) mass is 385 g/mol. The summed E-state index contributed by atoms with van der Waals surface area (Å²) in [4.78, 5) is 33.1. The van der Waals surface area contributed by atoms with Gasteiger partial charge in [0.2, 0.25) is 0 Å². The van der Waals surface area contributed by atoms with E-state index in [9.17, 15) is 9.59 Å². The van der Waals surface area contributed by atoms with Gasteiger partial charge in [0.15, 0.2) is 5.16 Å². The van der Waals surface area contributed by atoms with Gasteiger partial charge in [-0.05, 0) is 25.8 Å². The van der Waals surface area contributed by atoms with Crippen LogP contribution in [0.2, 0.25) is 0 Å². The maximum atomic E-state index is 12.9. The quantitative estimate of drug-likeness (QED) is 0.448. The van der Waals surface area contributed by atoms with E-state index >= 15 is 0 Å². The number of fused-ring (bicyclic) bond motifs is 1. The summed E-state index contributed by atoms with van der Waals surface area (Å²) in [5, 5.41) is 3.72. The zero-order valence-electron chi connectivity index (χ0n) is 15.7. The van der Waals surface area contributed by atoms with Crippen LogP contribution in [0.25, 0.3) is 0 Å². The van der Waals surface area contributed by atoms with E-state index in [0.717, 1.165) is 17.7 Å². The standard InChI is InChI=1S/C20H23N3O3S/c1-4-11-27-20-22-17-16(18(24)23-20)15(13-9-7-6-8-10-13)14(12(3)21-17)19(25)26-5-2/h6-10,15H,4-5,11H2,1-3H3,(H2,21,22,23,24)/t15-/m1/s1. The van der Waals surface area contributed by atoms with E-state index < -0.39 is 11.9 Å². The first-order chi connectivity index (χ1) is 13.1. The minimum absolute atomic E-state index is 0.241. The summed E-state index contributed by atoms with van der Waals surface area (Å²) in [7, 11) is 0. The smallest absolute Gasteiger partial charge is 0.336 e. The van der Waals surface area contributed by atoms with Crippen LogP contribution < -0.4 is 10.9 Å². The molecule has 1 atom stereocenters. The number of allylic oxidation sites excluding steroid dienone is 1. The Morgan fingerprint density at radius 2 is 2.00 bits per heavy atom. The fourth-order valence-electron chi connectivity index (χ4n) is 3.16. The second-order valence-corrected chi connectivity index (χ2v) is 7.29. The van der Waals surface area contributed by atoms with Crippen LogP contribution in [0.1, 0.15) is 44.2 Å². The highest BCUT2D eigenvalue weighted by atomic mass is 32.2. The number of thioether (sulfide) groups is 1. The van der Waals surface area contributed by atoms with Crippen molar-refractivity contribution >= 4 is 23.5 Å². The van der Waals surface area contributed by atoms with E-state index in [0.29, 0.717) is 27.8 Å². The van der Waals surface area contributed by atoms with Crippen molar-refractivity contribution in [2.45, 2.75) is 38.3 Å². The fraction of sp³-hybridized carbons (Fsp3) is 0.350. The molecule has 0 aliphatic carbocycles. The zero-order valence-corrected chi connectivity index (χ0v) is 16.5. The van der Waals surface area contributed by atoms with E-state index in [1.165, 1.54) is 11.8 Å². The van der Waals surface area contributed by atoms with Gasteiger partial charge in [-0.25, -0.2) is 9.78 Å². The first kappa shape index (κ1) is 19.2. The Labute approximate surface area is 162 Å². The number of aromatic amines is 1. The molecular weight excluding hydrogens is 362 g/mol. The van der Waals surface area contributed by atoms with Gasteiger partial charge in [0.25, 0.3) is 5.56 Å². The Hall–Kier alpha value is -2.54. The van der Waals surface area contributed by atoms with E-state index in [-0.39, 0.29) is 12.2 Å². The predicted molar refractivity (Wildman–Crippen MR) is 107 cm³/mol. The number of nitrogens with one attached hydrogen (secondary N) is 2. The third-order valence-electron chi connectivity index (χ3n) is 4.29. The number of ether oxygens (including phenoxy) is 1. The molecule has 0 bridgehead atoms. The molecule has 7 heteroatoms. The molecule has 27 heavy (non-hydrogen) atoms. The maximum absolute atomic E-state index is 12.9. The highest BCUT2D eigenvalue weighted by molar-refractivity contribution is 7.99. The van der Waals surface area contributed by atoms with Gasteiger partial charge in [0.05, 0.1) is 23.7 Å². The van der Waals surface area contributed by atoms with Crippen molar-refractivity contribution in [2.24, 2.45) is 0 Å². The van der Waals surface area contributed by atoms with E-state index in [2.05, 4.69) is 22.2 Å². The lowest BCUT2D eigenvalue weighted by atomic mass is 9.82. The lowest BCUT2D eigenvalue weighted by Crippen LogP contribution is -2.31. The molecule has 3 rings (SSSR count). The number of carbonyl (C=O) groups is 1. The molecule has 0 saturated heterocycles. The summed E-state index contributed by atoms with van der Waals surface area (Å²) >= 11 is 1.51. The number of carbonyl (C=O) groups excluding carboxylic acids is 1. The van der Waals surface area contributed by atoms with Crippen molar-refractivity contribution in [3.63, 3.8) is 0 Å². The number of benzene rings is 1. The number of hydrogen-bond donors (Lipinski definition) is 2. The number of hydrogen-bond acceptors (Lipinski definition) is 6. The summed E-state index contributed by atoms with van der Waals surface area (Å²) in [6.07, 6.45) is 0.984. The second kappa shape index (κ2) is 8.43. The number of H-pyrrole nitrogens is 1. The van der Waals surface area contributed by atoms with Gasteiger partial charge < -0.3 is 15.0 Å². The highest BCUT2D eigenvalue weighted by Crippen LogP contribution is 2.39. The number of nitrogens with zero attached hydrogens (tertiary/aromatic N) is 1. The first-order valence-electron chi connectivity index (χ1n) is 9.03. The molecule has 1 aliphatic heterocycles.